The van der Waals surface area contributed by atoms with E-state index in [0.717, 1.165) is 0 Å². The van der Waals surface area contributed by atoms with Crippen LogP contribution in [0.15, 0.2) is 12.1 Å². The lowest BCUT2D eigenvalue weighted by Crippen LogP contribution is -2.38. The van der Waals surface area contributed by atoms with Crippen molar-refractivity contribution >= 4 is 21.7 Å². The van der Waals surface area contributed by atoms with Gasteiger partial charge in [0, 0.05) is 6.04 Å². The number of esters is 1. The highest BCUT2D eigenvalue weighted by molar-refractivity contribution is 7.91. The maximum atomic E-state index is 12.0. The Morgan fingerprint density at radius 1 is 1.11 bits per heavy atom. The standard InChI is InChI=1S/C17H23NO8S/c1-23-13-6-11(7-14(24-2)17(13)25-3)8-16(20)26-9-15(19)18-12-4-5-27(21,22)10-12/h6-7,12H,4-5,8-10H2,1-3H3,(H,18,19). The highest BCUT2D eigenvalue weighted by atomic mass is 32.2. The normalized spacial score (nSPS) is 17.8. The second-order valence-corrected chi connectivity index (χ2v) is 8.27. The molecule has 1 amide bonds. The second kappa shape index (κ2) is 8.94. The molecule has 150 valence electrons. The van der Waals surface area contributed by atoms with Gasteiger partial charge in [-0.1, -0.05) is 0 Å². The molecule has 0 radical (unpaired) electrons. The molecule has 1 atom stereocenters. The fourth-order valence-electron chi connectivity index (χ4n) is 2.78. The van der Waals surface area contributed by atoms with Gasteiger partial charge in [0.15, 0.2) is 27.9 Å². The Kier molecular flexibility index (Phi) is 6.89. The summed E-state index contributed by atoms with van der Waals surface area (Å²) in [4.78, 5) is 23.8. The molecule has 2 rings (SSSR count). The van der Waals surface area contributed by atoms with Gasteiger partial charge in [-0.25, -0.2) is 8.42 Å². The van der Waals surface area contributed by atoms with Crippen molar-refractivity contribution in [2.45, 2.75) is 18.9 Å². The topological polar surface area (TPSA) is 117 Å². The largest absolute Gasteiger partial charge is 0.493 e. The van der Waals surface area contributed by atoms with E-state index in [1.807, 2.05) is 0 Å². The first-order valence-electron chi connectivity index (χ1n) is 8.22. The number of ether oxygens (including phenoxy) is 4. The predicted octanol–water partition coefficient (Wildman–Crippen LogP) is 0.101. The van der Waals surface area contributed by atoms with E-state index in [4.69, 9.17) is 18.9 Å². The van der Waals surface area contributed by atoms with Crippen molar-refractivity contribution in [2.75, 3.05) is 39.4 Å². The van der Waals surface area contributed by atoms with E-state index >= 15 is 0 Å². The molecular formula is C17H23NO8S. The molecule has 1 aliphatic heterocycles. The van der Waals surface area contributed by atoms with Gasteiger partial charge in [-0.15, -0.1) is 0 Å². The SMILES string of the molecule is COc1cc(CC(=O)OCC(=O)NC2CCS(=O)(=O)C2)cc(OC)c1OC. The molecule has 0 aliphatic carbocycles. The molecular weight excluding hydrogens is 378 g/mol. The van der Waals surface area contributed by atoms with E-state index in [0.29, 0.717) is 29.2 Å². The van der Waals surface area contributed by atoms with Gasteiger partial charge >= 0.3 is 5.97 Å². The number of rotatable bonds is 8. The van der Waals surface area contributed by atoms with Gasteiger partial charge in [-0.05, 0) is 24.1 Å². The molecule has 1 saturated heterocycles. The highest BCUT2D eigenvalue weighted by Gasteiger charge is 2.29. The fourth-order valence-corrected chi connectivity index (χ4v) is 4.45. The number of carbonyl (C=O) groups is 2. The molecule has 0 spiro atoms. The van der Waals surface area contributed by atoms with Crippen LogP contribution in [0.1, 0.15) is 12.0 Å². The molecule has 1 aliphatic rings. The van der Waals surface area contributed by atoms with Crippen LogP contribution in [0.3, 0.4) is 0 Å². The van der Waals surface area contributed by atoms with Gasteiger partial charge in [-0.2, -0.15) is 0 Å². The maximum Gasteiger partial charge on any atom is 0.310 e. The van der Waals surface area contributed by atoms with Crippen LogP contribution >= 0.6 is 0 Å². The van der Waals surface area contributed by atoms with Crippen LogP contribution in [0.4, 0.5) is 0 Å². The lowest BCUT2D eigenvalue weighted by Gasteiger charge is -2.14. The second-order valence-electron chi connectivity index (χ2n) is 6.04. The number of carbonyl (C=O) groups excluding carboxylic acids is 2. The smallest absolute Gasteiger partial charge is 0.310 e. The van der Waals surface area contributed by atoms with Crippen LogP contribution in [0.2, 0.25) is 0 Å². The molecule has 1 fully saturated rings. The minimum atomic E-state index is -3.09. The zero-order valence-electron chi connectivity index (χ0n) is 15.4. The maximum absolute atomic E-state index is 12.0. The molecule has 27 heavy (non-hydrogen) atoms. The average Bonchev–Trinajstić information content (AvgIpc) is 2.97. The Morgan fingerprint density at radius 3 is 2.22 bits per heavy atom. The zero-order chi connectivity index (χ0) is 20.0. The first-order chi connectivity index (χ1) is 12.8. The Morgan fingerprint density at radius 2 is 1.74 bits per heavy atom. The van der Waals surface area contributed by atoms with Crippen LogP contribution < -0.4 is 19.5 Å². The van der Waals surface area contributed by atoms with Gasteiger partial charge in [0.2, 0.25) is 5.75 Å². The van der Waals surface area contributed by atoms with Crippen LogP contribution in [-0.4, -0.2) is 65.8 Å². The van der Waals surface area contributed by atoms with Crippen molar-refractivity contribution in [3.63, 3.8) is 0 Å². The number of benzene rings is 1. The number of methoxy groups -OCH3 is 3. The predicted molar refractivity (Wildman–Crippen MR) is 96.0 cm³/mol. The van der Waals surface area contributed by atoms with Crippen molar-refractivity contribution in [1.29, 1.82) is 0 Å². The first-order valence-corrected chi connectivity index (χ1v) is 10.0. The van der Waals surface area contributed by atoms with Gasteiger partial charge in [0.05, 0.1) is 39.3 Å². The number of hydrogen-bond acceptors (Lipinski definition) is 8. The Hall–Kier alpha value is -2.49. The molecule has 9 nitrogen and oxygen atoms in total. The summed E-state index contributed by atoms with van der Waals surface area (Å²) in [5.74, 6) is 0.0354. The number of amides is 1. The summed E-state index contributed by atoms with van der Waals surface area (Å²) in [7, 11) is 1.32. The lowest BCUT2D eigenvalue weighted by molar-refractivity contribution is -0.148. The molecule has 0 saturated carbocycles. The Balaban J connectivity index is 1.89. The highest BCUT2D eigenvalue weighted by Crippen LogP contribution is 2.38. The van der Waals surface area contributed by atoms with E-state index < -0.39 is 34.4 Å². The van der Waals surface area contributed by atoms with Crippen molar-refractivity contribution in [3.05, 3.63) is 17.7 Å². The first kappa shape index (κ1) is 20.8. The third-order valence-corrected chi connectivity index (χ3v) is 5.80. The van der Waals surface area contributed by atoms with Crippen molar-refractivity contribution in [3.8, 4) is 17.2 Å². The van der Waals surface area contributed by atoms with Crippen LogP contribution in [0.25, 0.3) is 0 Å². The van der Waals surface area contributed by atoms with E-state index in [1.165, 1.54) is 21.3 Å². The molecule has 1 unspecified atom stereocenters. The minimum Gasteiger partial charge on any atom is -0.493 e. The van der Waals surface area contributed by atoms with Crippen molar-refractivity contribution < 1.29 is 37.0 Å². The van der Waals surface area contributed by atoms with Gasteiger partial charge < -0.3 is 24.3 Å². The summed E-state index contributed by atoms with van der Waals surface area (Å²) in [5.41, 5.74) is 0.566. The molecule has 1 N–H and O–H groups in total. The van der Waals surface area contributed by atoms with Gasteiger partial charge in [0.1, 0.15) is 0 Å². The molecule has 10 heteroatoms. The summed E-state index contributed by atoms with van der Waals surface area (Å²) < 4.78 is 43.4. The molecule has 1 aromatic rings. The number of sulfone groups is 1. The van der Waals surface area contributed by atoms with Crippen LogP contribution in [-0.2, 0) is 30.6 Å². The molecule has 1 aromatic carbocycles. The summed E-state index contributed by atoms with van der Waals surface area (Å²) in [6.07, 6.45) is 0.273. The summed E-state index contributed by atoms with van der Waals surface area (Å²) in [6, 6.07) is 2.80. The van der Waals surface area contributed by atoms with Crippen molar-refractivity contribution in [1.82, 2.24) is 5.32 Å². The third-order valence-electron chi connectivity index (χ3n) is 4.03. The Labute approximate surface area is 157 Å². The minimum absolute atomic E-state index is 0.0544. The van der Waals surface area contributed by atoms with Crippen LogP contribution in [0.5, 0.6) is 17.2 Å². The average molecular weight is 401 g/mol. The summed E-state index contributed by atoms with van der Waals surface area (Å²) in [5, 5.41) is 2.55. The quantitative estimate of drug-likeness (QED) is 0.610. The monoisotopic (exact) mass is 401 g/mol. The van der Waals surface area contributed by atoms with E-state index in [-0.39, 0.29) is 17.9 Å². The summed E-state index contributed by atoms with van der Waals surface area (Å²) in [6.45, 7) is -0.472. The van der Waals surface area contributed by atoms with Crippen LogP contribution in [0, 0.1) is 0 Å². The number of hydrogen-bond donors (Lipinski definition) is 1. The Bertz CT molecular complexity index is 780. The molecule has 0 aromatic heterocycles. The van der Waals surface area contributed by atoms with E-state index in [9.17, 15) is 18.0 Å². The van der Waals surface area contributed by atoms with E-state index in [2.05, 4.69) is 5.32 Å². The molecule has 1 heterocycles. The van der Waals surface area contributed by atoms with Gasteiger partial charge in [-0.3, -0.25) is 9.59 Å². The fraction of sp³-hybridized carbons (Fsp3) is 0.529. The molecule has 0 bridgehead atoms. The van der Waals surface area contributed by atoms with Gasteiger partial charge in [0.25, 0.3) is 5.91 Å². The number of nitrogens with one attached hydrogen (secondary N) is 1. The lowest BCUT2D eigenvalue weighted by atomic mass is 10.1. The zero-order valence-corrected chi connectivity index (χ0v) is 16.3. The van der Waals surface area contributed by atoms with E-state index in [1.54, 1.807) is 12.1 Å². The summed E-state index contributed by atoms with van der Waals surface area (Å²) >= 11 is 0. The van der Waals surface area contributed by atoms with Crippen molar-refractivity contribution in [2.24, 2.45) is 0 Å². The third kappa shape index (κ3) is 5.75.